The highest BCUT2D eigenvalue weighted by Crippen LogP contribution is 2.23. The van der Waals surface area contributed by atoms with Crippen molar-refractivity contribution in [3.8, 4) is 0 Å². The molecule has 1 fully saturated rings. The maximum Gasteiger partial charge on any atom is 0.407 e. The van der Waals surface area contributed by atoms with Crippen molar-refractivity contribution in [1.82, 2.24) is 9.88 Å². The number of piperidine rings is 1. The second kappa shape index (κ2) is 6.24. The highest BCUT2D eigenvalue weighted by Gasteiger charge is 2.25. The van der Waals surface area contributed by atoms with Gasteiger partial charge in [-0.25, -0.2) is 9.78 Å². The fraction of sp³-hybridized carbons (Fsp3) is 0.353. The zero-order chi connectivity index (χ0) is 16.4. The Hall–Kier alpha value is -2.63. The fourth-order valence-electron chi connectivity index (χ4n) is 3.02. The molecule has 0 spiro atoms. The molecule has 0 saturated carbocycles. The Labute approximate surface area is 134 Å². The molecule has 0 atom stereocenters. The van der Waals surface area contributed by atoms with E-state index in [0.717, 1.165) is 48.9 Å². The van der Waals surface area contributed by atoms with E-state index in [1.54, 1.807) is 13.1 Å². The minimum atomic E-state index is -0.877. The first-order valence-electron chi connectivity index (χ1n) is 7.65. The van der Waals surface area contributed by atoms with Crippen LogP contribution in [-0.4, -0.2) is 53.5 Å². The van der Waals surface area contributed by atoms with E-state index in [4.69, 9.17) is 5.11 Å². The first kappa shape index (κ1) is 15.3. The van der Waals surface area contributed by atoms with Crippen LogP contribution in [0.15, 0.2) is 30.3 Å². The van der Waals surface area contributed by atoms with Crippen molar-refractivity contribution in [3.05, 3.63) is 35.9 Å². The number of nitrogens with zero attached hydrogens (tertiary/aromatic N) is 3. The van der Waals surface area contributed by atoms with Crippen molar-refractivity contribution >= 4 is 29.1 Å². The normalized spacial score (nSPS) is 15.6. The van der Waals surface area contributed by atoms with Crippen LogP contribution in [-0.2, 0) is 0 Å². The highest BCUT2D eigenvalue weighted by atomic mass is 16.4. The lowest BCUT2D eigenvalue weighted by Gasteiger charge is -2.36. The molecule has 1 N–H and O–H groups in total. The lowest BCUT2D eigenvalue weighted by atomic mass is 10.0. The number of carbonyl (C=O) groups is 2. The zero-order valence-corrected chi connectivity index (χ0v) is 13.0. The zero-order valence-electron chi connectivity index (χ0n) is 13.0. The van der Waals surface area contributed by atoms with Crippen LogP contribution >= 0.6 is 0 Å². The number of hydrogen-bond donors (Lipinski definition) is 1. The molecule has 1 saturated heterocycles. The number of carbonyl (C=O) groups excluding carboxylic acids is 1. The first-order chi connectivity index (χ1) is 11.1. The molecule has 1 aromatic heterocycles. The van der Waals surface area contributed by atoms with Crippen LogP contribution in [0.4, 0.5) is 10.6 Å². The molecular formula is C17H19N3O3. The number of amides is 1. The van der Waals surface area contributed by atoms with E-state index < -0.39 is 6.09 Å². The number of aromatic nitrogens is 1. The highest BCUT2D eigenvalue weighted by molar-refractivity contribution is 5.87. The molecule has 1 amide bonds. The van der Waals surface area contributed by atoms with Gasteiger partial charge in [0.05, 0.1) is 5.52 Å². The van der Waals surface area contributed by atoms with Gasteiger partial charge in [0.25, 0.3) is 0 Å². The van der Waals surface area contributed by atoms with E-state index in [0.29, 0.717) is 5.56 Å². The summed E-state index contributed by atoms with van der Waals surface area (Å²) in [4.78, 5) is 30.1. The number of rotatable bonds is 3. The lowest BCUT2D eigenvalue weighted by Crippen LogP contribution is -2.45. The molecule has 1 aliphatic heterocycles. The third kappa shape index (κ3) is 3.11. The minimum Gasteiger partial charge on any atom is -0.465 e. The van der Waals surface area contributed by atoms with E-state index in [1.807, 2.05) is 24.3 Å². The van der Waals surface area contributed by atoms with Crippen LogP contribution in [0.5, 0.6) is 0 Å². The van der Waals surface area contributed by atoms with Gasteiger partial charge in [0, 0.05) is 37.1 Å². The van der Waals surface area contributed by atoms with E-state index >= 15 is 0 Å². The molecule has 0 radical (unpaired) electrons. The number of aldehydes is 1. The maximum absolute atomic E-state index is 11.0. The predicted octanol–water partition coefficient (Wildman–Crippen LogP) is 2.63. The molecule has 2 aromatic rings. The third-order valence-electron chi connectivity index (χ3n) is 4.47. The van der Waals surface area contributed by atoms with Gasteiger partial charge in [0.15, 0.2) is 0 Å². The number of fused-ring (bicyclic) bond motifs is 1. The summed E-state index contributed by atoms with van der Waals surface area (Å²) < 4.78 is 0. The summed E-state index contributed by atoms with van der Waals surface area (Å²) in [5.74, 6) is 0.896. The van der Waals surface area contributed by atoms with E-state index in [1.165, 1.54) is 4.90 Å². The van der Waals surface area contributed by atoms with E-state index in [9.17, 15) is 9.59 Å². The van der Waals surface area contributed by atoms with Gasteiger partial charge in [-0.15, -0.1) is 0 Å². The van der Waals surface area contributed by atoms with Crippen LogP contribution in [0, 0.1) is 0 Å². The van der Waals surface area contributed by atoms with Gasteiger partial charge in [-0.1, -0.05) is 0 Å². The van der Waals surface area contributed by atoms with Crippen LogP contribution in [0.2, 0.25) is 0 Å². The van der Waals surface area contributed by atoms with Gasteiger partial charge < -0.3 is 14.9 Å². The molecule has 1 aliphatic rings. The van der Waals surface area contributed by atoms with Crippen LogP contribution in [0.1, 0.15) is 23.2 Å². The summed E-state index contributed by atoms with van der Waals surface area (Å²) in [7, 11) is 1.63. The van der Waals surface area contributed by atoms with Gasteiger partial charge in [0.2, 0.25) is 0 Å². The fourth-order valence-corrected chi connectivity index (χ4v) is 3.02. The number of benzene rings is 1. The largest absolute Gasteiger partial charge is 0.465 e. The summed E-state index contributed by atoms with van der Waals surface area (Å²) in [6, 6.07) is 9.44. The standard InChI is InChI=1S/C17H19N3O3/c1-19(17(22)23)14-6-8-20(9-7-14)16-5-3-13-10-12(11-21)2-4-15(13)18-16/h2-5,10-11,14H,6-9H2,1H3,(H,22,23). The van der Waals surface area contributed by atoms with E-state index in [-0.39, 0.29) is 6.04 Å². The van der Waals surface area contributed by atoms with Crippen molar-refractivity contribution < 1.29 is 14.7 Å². The number of pyridine rings is 1. The third-order valence-corrected chi connectivity index (χ3v) is 4.47. The predicted molar refractivity (Wildman–Crippen MR) is 88.2 cm³/mol. The number of hydrogen-bond acceptors (Lipinski definition) is 4. The van der Waals surface area contributed by atoms with Crippen molar-refractivity contribution in [3.63, 3.8) is 0 Å². The van der Waals surface area contributed by atoms with Gasteiger partial charge in [-0.3, -0.25) is 4.79 Å². The Kier molecular flexibility index (Phi) is 4.14. The Bertz CT molecular complexity index is 739. The van der Waals surface area contributed by atoms with Crippen LogP contribution in [0.3, 0.4) is 0 Å². The van der Waals surface area contributed by atoms with Crippen molar-refractivity contribution in [2.24, 2.45) is 0 Å². The SMILES string of the molecule is CN(C(=O)O)C1CCN(c2ccc3cc(C=O)ccc3n2)CC1. The Morgan fingerprint density at radius 1 is 1.30 bits per heavy atom. The second-order valence-corrected chi connectivity index (χ2v) is 5.85. The van der Waals surface area contributed by atoms with Crippen LogP contribution in [0.25, 0.3) is 10.9 Å². The summed E-state index contributed by atoms with van der Waals surface area (Å²) in [6.07, 6.45) is 1.55. The van der Waals surface area contributed by atoms with Crippen LogP contribution < -0.4 is 4.90 Å². The van der Waals surface area contributed by atoms with Crippen molar-refractivity contribution in [1.29, 1.82) is 0 Å². The van der Waals surface area contributed by atoms with Crippen molar-refractivity contribution in [2.45, 2.75) is 18.9 Å². The molecular weight excluding hydrogens is 294 g/mol. The summed E-state index contributed by atoms with van der Waals surface area (Å²) in [6.45, 7) is 1.57. The summed E-state index contributed by atoms with van der Waals surface area (Å²) in [5.41, 5.74) is 1.50. The molecule has 6 nitrogen and oxygen atoms in total. The molecule has 23 heavy (non-hydrogen) atoms. The lowest BCUT2D eigenvalue weighted by molar-refractivity contribution is 0.112. The van der Waals surface area contributed by atoms with Crippen molar-refractivity contribution in [2.75, 3.05) is 25.0 Å². The van der Waals surface area contributed by atoms with Gasteiger partial charge >= 0.3 is 6.09 Å². The second-order valence-electron chi connectivity index (χ2n) is 5.85. The molecule has 2 heterocycles. The van der Waals surface area contributed by atoms with E-state index in [2.05, 4.69) is 9.88 Å². The number of anilines is 1. The minimum absolute atomic E-state index is 0.0688. The first-order valence-corrected chi connectivity index (χ1v) is 7.65. The Morgan fingerprint density at radius 3 is 2.70 bits per heavy atom. The van der Waals surface area contributed by atoms with Gasteiger partial charge in [-0.2, -0.15) is 0 Å². The molecule has 0 bridgehead atoms. The topological polar surface area (TPSA) is 73.7 Å². The molecule has 0 aliphatic carbocycles. The summed E-state index contributed by atoms with van der Waals surface area (Å²) >= 11 is 0. The van der Waals surface area contributed by atoms with Gasteiger partial charge in [-0.05, 0) is 43.2 Å². The summed E-state index contributed by atoms with van der Waals surface area (Å²) in [5, 5.41) is 10.00. The average Bonchev–Trinajstić information content (AvgIpc) is 2.60. The number of carboxylic acid groups (broad SMARTS) is 1. The monoisotopic (exact) mass is 313 g/mol. The smallest absolute Gasteiger partial charge is 0.407 e. The molecule has 3 rings (SSSR count). The quantitative estimate of drug-likeness (QED) is 0.882. The molecule has 1 aromatic carbocycles. The Balaban J connectivity index is 1.74. The molecule has 6 heteroatoms. The maximum atomic E-state index is 11.0. The van der Waals surface area contributed by atoms with Gasteiger partial charge in [0.1, 0.15) is 12.1 Å². The molecule has 120 valence electrons. The Morgan fingerprint density at radius 2 is 2.04 bits per heavy atom. The molecule has 0 unspecified atom stereocenters. The average molecular weight is 313 g/mol.